The molecule has 22 heavy (non-hydrogen) atoms. The number of carboxylic acids is 1. The monoisotopic (exact) mass is 297 g/mol. The van der Waals surface area contributed by atoms with E-state index in [4.69, 9.17) is 9.84 Å². The predicted molar refractivity (Wildman–Crippen MR) is 80.9 cm³/mol. The molecular formula is C16H15N3O3. The van der Waals surface area contributed by atoms with E-state index in [1.165, 1.54) is 0 Å². The van der Waals surface area contributed by atoms with Crippen LogP contribution in [0, 0.1) is 6.92 Å². The summed E-state index contributed by atoms with van der Waals surface area (Å²) in [5.41, 5.74) is 3.81. The number of imidazole rings is 1. The van der Waals surface area contributed by atoms with Crippen molar-refractivity contribution in [1.29, 1.82) is 0 Å². The van der Waals surface area contributed by atoms with Crippen LogP contribution in [-0.4, -0.2) is 32.2 Å². The van der Waals surface area contributed by atoms with Crippen molar-refractivity contribution in [2.24, 2.45) is 0 Å². The molecule has 0 saturated heterocycles. The Kier molecular flexibility index (Phi) is 3.84. The van der Waals surface area contributed by atoms with Crippen molar-refractivity contribution in [3.8, 4) is 5.69 Å². The fourth-order valence-electron chi connectivity index (χ4n) is 2.40. The molecule has 6 heteroatoms. The Hall–Kier alpha value is -2.73. The van der Waals surface area contributed by atoms with Crippen LogP contribution >= 0.6 is 0 Å². The molecule has 0 aliphatic carbocycles. The van der Waals surface area contributed by atoms with Gasteiger partial charge in [-0.05, 0) is 30.7 Å². The van der Waals surface area contributed by atoms with Crippen molar-refractivity contribution >= 4 is 17.0 Å². The number of pyridine rings is 1. The van der Waals surface area contributed by atoms with Gasteiger partial charge in [0, 0.05) is 12.4 Å². The van der Waals surface area contributed by atoms with E-state index in [0.717, 1.165) is 22.3 Å². The van der Waals surface area contributed by atoms with Crippen molar-refractivity contribution in [2.45, 2.75) is 13.5 Å². The summed E-state index contributed by atoms with van der Waals surface area (Å²) in [6.07, 6.45) is 3.41. The lowest BCUT2D eigenvalue weighted by Crippen LogP contribution is -2.09. The summed E-state index contributed by atoms with van der Waals surface area (Å²) >= 11 is 0. The van der Waals surface area contributed by atoms with Crippen LogP contribution in [0.2, 0.25) is 0 Å². The number of rotatable bonds is 5. The van der Waals surface area contributed by atoms with Gasteiger partial charge in [-0.15, -0.1) is 0 Å². The second-order valence-corrected chi connectivity index (χ2v) is 4.90. The van der Waals surface area contributed by atoms with E-state index < -0.39 is 5.97 Å². The fraction of sp³-hybridized carbons (Fsp3) is 0.188. The van der Waals surface area contributed by atoms with Gasteiger partial charge in [-0.1, -0.05) is 12.1 Å². The molecule has 0 spiro atoms. The maximum atomic E-state index is 10.6. The number of carboxylic acid groups (broad SMARTS) is 1. The number of ether oxygens (including phenoxy) is 1. The largest absolute Gasteiger partial charge is 0.480 e. The summed E-state index contributed by atoms with van der Waals surface area (Å²) in [6.45, 7) is 1.77. The molecule has 0 unspecified atom stereocenters. The first kappa shape index (κ1) is 14.2. The molecule has 3 aromatic rings. The second kappa shape index (κ2) is 5.95. The van der Waals surface area contributed by atoms with E-state index in [0.29, 0.717) is 5.82 Å². The molecule has 0 aliphatic rings. The Balaban J connectivity index is 2.09. The number of fused-ring (bicyclic) bond motifs is 1. The average molecular weight is 297 g/mol. The van der Waals surface area contributed by atoms with Gasteiger partial charge in [0.1, 0.15) is 19.0 Å². The third kappa shape index (κ3) is 2.68. The van der Waals surface area contributed by atoms with Crippen LogP contribution in [0.5, 0.6) is 0 Å². The lowest BCUT2D eigenvalue weighted by atomic mass is 10.2. The molecule has 0 bridgehead atoms. The van der Waals surface area contributed by atoms with Gasteiger partial charge in [0.2, 0.25) is 0 Å². The van der Waals surface area contributed by atoms with Crippen molar-refractivity contribution in [3.63, 3.8) is 0 Å². The van der Waals surface area contributed by atoms with E-state index in [1.807, 2.05) is 41.8 Å². The number of para-hydroxylation sites is 1. The molecule has 6 nitrogen and oxygen atoms in total. The summed E-state index contributed by atoms with van der Waals surface area (Å²) in [5.74, 6) is -0.334. The minimum Gasteiger partial charge on any atom is -0.480 e. The van der Waals surface area contributed by atoms with Gasteiger partial charge in [0.05, 0.1) is 16.7 Å². The molecule has 0 saturated carbocycles. The summed E-state index contributed by atoms with van der Waals surface area (Å²) in [4.78, 5) is 19.2. The van der Waals surface area contributed by atoms with Crippen LogP contribution < -0.4 is 0 Å². The van der Waals surface area contributed by atoms with E-state index in [9.17, 15) is 4.79 Å². The summed E-state index contributed by atoms with van der Waals surface area (Å²) in [5, 5.41) is 8.70. The van der Waals surface area contributed by atoms with Crippen molar-refractivity contribution < 1.29 is 14.6 Å². The highest BCUT2D eigenvalue weighted by molar-refractivity contribution is 5.81. The van der Waals surface area contributed by atoms with Gasteiger partial charge >= 0.3 is 5.97 Å². The van der Waals surface area contributed by atoms with E-state index in [1.54, 1.807) is 12.4 Å². The quantitative estimate of drug-likeness (QED) is 0.782. The Morgan fingerprint density at radius 3 is 2.77 bits per heavy atom. The van der Waals surface area contributed by atoms with Gasteiger partial charge in [-0.25, -0.2) is 9.78 Å². The van der Waals surface area contributed by atoms with Crippen LogP contribution in [-0.2, 0) is 16.1 Å². The molecule has 1 N–H and O–H groups in total. The highest BCUT2D eigenvalue weighted by atomic mass is 16.5. The Bertz CT molecular complexity index is 812. The molecular weight excluding hydrogens is 282 g/mol. The zero-order valence-corrected chi connectivity index (χ0v) is 12.1. The first-order chi connectivity index (χ1) is 10.7. The fourth-order valence-corrected chi connectivity index (χ4v) is 2.40. The lowest BCUT2D eigenvalue weighted by Gasteiger charge is -2.09. The number of hydrogen-bond donors (Lipinski definition) is 1. The minimum atomic E-state index is -0.997. The van der Waals surface area contributed by atoms with Gasteiger partial charge in [-0.2, -0.15) is 0 Å². The first-order valence-electron chi connectivity index (χ1n) is 6.83. The van der Waals surface area contributed by atoms with Crippen LogP contribution in [0.1, 0.15) is 11.4 Å². The molecule has 0 aliphatic heterocycles. The van der Waals surface area contributed by atoms with E-state index in [-0.39, 0.29) is 13.2 Å². The highest BCUT2D eigenvalue weighted by Gasteiger charge is 2.14. The standard InChI is InChI=1S/C16H15N3O3/c1-11-3-2-4-13-16(11)18-14(9-22-10-15(20)21)19(13)12-5-7-17-8-6-12/h2-8H,9-10H2,1H3,(H,20,21). The number of nitrogens with zero attached hydrogens (tertiary/aromatic N) is 3. The SMILES string of the molecule is Cc1cccc2c1nc(COCC(=O)O)n2-c1ccncc1. The topological polar surface area (TPSA) is 77.2 Å². The third-order valence-electron chi connectivity index (χ3n) is 3.33. The smallest absolute Gasteiger partial charge is 0.329 e. The molecule has 0 atom stereocenters. The van der Waals surface area contributed by atoms with Crippen LogP contribution in [0.25, 0.3) is 16.7 Å². The van der Waals surface area contributed by atoms with Crippen molar-refractivity contribution in [3.05, 3.63) is 54.1 Å². The summed E-state index contributed by atoms with van der Waals surface area (Å²) < 4.78 is 7.18. The van der Waals surface area contributed by atoms with Gasteiger partial charge in [0.15, 0.2) is 0 Å². The normalized spacial score (nSPS) is 11.0. The van der Waals surface area contributed by atoms with Crippen molar-refractivity contribution in [2.75, 3.05) is 6.61 Å². The molecule has 0 radical (unpaired) electrons. The predicted octanol–water partition coefficient (Wildman–Crippen LogP) is 2.33. The number of aryl methyl sites for hydroxylation is 1. The maximum absolute atomic E-state index is 10.6. The van der Waals surface area contributed by atoms with Gasteiger partial charge < -0.3 is 9.84 Å². The number of aliphatic carboxylic acids is 1. The molecule has 2 aromatic heterocycles. The van der Waals surface area contributed by atoms with Gasteiger partial charge in [-0.3, -0.25) is 9.55 Å². The van der Waals surface area contributed by atoms with E-state index >= 15 is 0 Å². The summed E-state index contributed by atoms with van der Waals surface area (Å²) in [7, 11) is 0. The van der Waals surface area contributed by atoms with Crippen LogP contribution in [0.15, 0.2) is 42.7 Å². The average Bonchev–Trinajstić information content (AvgIpc) is 2.88. The number of carbonyl (C=O) groups is 1. The third-order valence-corrected chi connectivity index (χ3v) is 3.33. The van der Waals surface area contributed by atoms with Crippen LogP contribution in [0.4, 0.5) is 0 Å². The van der Waals surface area contributed by atoms with Gasteiger partial charge in [0.25, 0.3) is 0 Å². The second-order valence-electron chi connectivity index (χ2n) is 4.90. The number of hydrogen-bond acceptors (Lipinski definition) is 4. The minimum absolute atomic E-state index is 0.128. The van der Waals surface area contributed by atoms with Crippen molar-refractivity contribution in [1.82, 2.24) is 14.5 Å². The number of aromatic nitrogens is 3. The molecule has 3 rings (SSSR count). The molecule has 112 valence electrons. The van der Waals surface area contributed by atoms with Crippen LogP contribution in [0.3, 0.4) is 0 Å². The highest BCUT2D eigenvalue weighted by Crippen LogP contribution is 2.24. The lowest BCUT2D eigenvalue weighted by molar-refractivity contribution is -0.142. The first-order valence-corrected chi connectivity index (χ1v) is 6.83. The Morgan fingerprint density at radius 2 is 2.05 bits per heavy atom. The molecule has 0 fully saturated rings. The zero-order chi connectivity index (χ0) is 15.5. The summed E-state index contributed by atoms with van der Waals surface area (Å²) in [6, 6.07) is 9.71. The molecule has 0 amide bonds. The maximum Gasteiger partial charge on any atom is 0.329 e. The number of benzene rings is 1. The Labute approximate surface area is 127 Å². The molecule has 2 heterocycles. The zero-order valence-electron chi connectivity index (χ0n) is 12.1. The molecule has 1 aromatic carbocycles. The van der Waals surface area contributed by atoms with E-state index in [2.05, 4.69) is 9.97 Å². The Morgan fingerprint density at radius 1 is 1.27 bits per heavy atom.